The number of carbonyl (C=O) groups is 1. The first-order chi connectivity index (χ1) is 10.5. The molecule has 1 aromatic heterocycles. The lowest BCUT2D eigenvalue weighted by atomic mass is 9.88. The van der Waals surface area contributed by atoms with Gasteiger partial charge in [0.05, 0.1) is 11.4 Å². The number of likely N-dealkylation sites (tertiary alicyclic amines) is 2. The highest BCUT2D eigenvalue weighted by Crippen LogP contribution is 2.39. The molecule has 1 aromatic rings. The van der Waals surface area contributed by atoms with E-state index in [1.54, 1.807) is 0 Å². The Hall–Kier alpha value is -1.36. The van der Waals surface area contributed by atoms with Crippen molar-refractivity contribution < 1.29 is 4.79 Å². The van der Waals surface area contributed by atoms with Crippen LogP contribution in [0.4, 0.5) is 0 Å². The number of aromatic nitrogens is 2. The molecule has 2 fully saturated rings. The van der Waals surface area contributed by atoms with Crippen LogP contribution in [0, 0.1) is 6.92 Å². The first-order valence-electron chi connectivity index (χ1n) is 8.56. The van der Waals surface area contributed by atoms with Crippen LogP contribution in [0.5, 0.6) is 0 Å². The number of aryl methyl sites for hydroxylation is 2. The quantitative estimate of drug-likeness (QED) is 0.859. The molecule has 0 N–H and O–H groups in total. The van der Waals surface area contributed by atoms with Crippen LogP contribution >= 0.6 is 0 Å². The molecule has 2 saturated heterocycles. The van der Waals surface area contributed by atoms with Crippen LogP contribution in [0.15, 0.2) is 6.07 Å². The summed E-state index contributed by atoms with van der Waals surface area (Å²) >= 11 is 0. The van der Waals surface area contributed by atoms with Crippen molar-refractivity contribution in [2.24, 2.45) is 7.05 Å². The van der Waals surface area contributed by atoms with Crippen molar-refractivity contribution in [2.75, 3.05) is 19.6 Å². The fourth-order valence-corrected chi connectivity index (χ4v) is 4.34. The molecule has 0 aliphatic carbocycles. The lowest BCUT2D eigenvalue weighted by molar-refractivity contribution is -0.131. The van der Waals surface area contributed by atoms with E-state index in [0.29, 0.717) is 5.91 Å². The topological polar surface area (TPSA) is 41.4 Å². The van der Waals surface area contributed by atoms with Gasteiger partial charge in [0.15, 0.2) is 0 Å². The van der Waals surface area contributed by atoms with Crippen LogP contribution < -0.4 is 0 Å². The molecule has 0 aromatic carbocycles. The van der Waals surface area contributed by atoms with Gasteiger partial charge in [0.25, 0.3) is 0 Å². The Morgan fingerprint density at radius 2 is 2.09 bits per heavy atom. The van der Waals surface area contributed by atoms with Gasteiger partial charge in [0.1, 0.15) is 0 Å². The summed E-state index contributed by atoms with van der Waals surface area (Å²) in [6, 6.07) is 2.18. The summed E-state index contributed by atoms with van der Waals surface area (Å²) in [6.45, 7) is 8.19. The van der Waals surface area contributed by atoms with Crippen molar-refractivity contribution >= 4 is 5.91 Å². The van der Waals surface area contributed by atoms with Crippen molar-refractivity contribution in [3.8, 4) is 0 Å². The third-order valence-corrected chi connectivity index (χ3v) is 5.49. The average molecular weight is 304 g/mol. The van der Waals surface area contributed by atoms with Crippen LogP contribution in [-0.4, -0.2) is 50.7 Å². The zero-order chi connectivity index (χ0) is 15.7. The van der Waals surface area contributed by atoms with E-state index in [2.05, 4.69) is 27.9 Å². The van der Waals surface area contributed by atoms with Gasteiger partial charge in [-0.15, -0.1) is 0 Å². The highest BCUT2D eigenvalue weighted by Gasteiger charge is 2.44. The monoisotopic (exact) mass is 304 g/mol. The predicted molar refractivity (Wildman–Crippen MR) is 86.4 cm³/mol. The van der Waals surface area contributed by atoms with Gasteiger partial charge in [-0.25, -0.2) is 0 Å². The molecule has 3 heterocycles. The minimum atomic E-state index is 0.142. The van der Waals surface area contributed by atoms with Crippen LogP contribution in [0.3, 0.4) is 0 Å². The van der Waals surface area contributed by atoms with E-state index in [1.807, 2.05) is 18.7 Å². The van der Waals surface area contributed by atoms with Gasteiger partial charge >= 0.3 is 0 Å². The molecule has 5 heteroatoms. The second kappa shape index (κ2) is 6.03. The molecule has 2 aliphatic rings. The summed E-state index contributed by atoms with van der Waals surface area (Å²) in [7, 11) is 2.02. The van der Waals surface area contributed by atoms with Gasteiger partial charge < -0.3 is 4.90 Å². The van der Waals surface area contributed by atoms with Crippen LogP contribution in [0.2, 0.25) is 0 Å². The molecule has 1 atom stereocenters. The van der Waals surface area contributed by atoms with E-state index in [-0.39, 0.29) is 5.54 Å². The molecule has 1 unspecified atom stereocenters. The van der Waals surface area contributed by atoms with E-state index in [0.717, 1.165) is 57.6 Å². The van der Waals surface area contributed by atoms with E-state index in [1.165, 1.54) is 12.1 Å². The van der Waals surface area contributed by atoms with Crippen LogP contribution in [0.25, 0.3) is 0 Å². The zero-order valence-corrected chi connectivity index (χ0v) is 14.1. The Morgan fingerprint density at radius 1 is 1.27 bits per heavy atom. The van der Waals surface area contributed by atoms with E-state index in [9.17, 15) is 4.79 Å². The predicted octanol–water partition coefficient (Wildman–Crippen LogP) is 2.10. The van der Waals surface area contributed by atoms with Gasteiger partial charge in [-0.3, -0.25) is 14.4 Å². The standard InChI is InChI=1S/C17H28N4O/c1-4-21-16(22)6-8-17(21)7-5-10-20(11-9-17)13-15-12-14(2)18-19(15)3/h12H,4-11,13H2,1-3H3. The number of hydrogen-bond donors (Lipinski definition) is 0. The molecule has 1 spiro atoms. The molecule has 0 bridgehead atoms. The highest BCUT2D eigenvalue weighted by atomic mass is 16.2. The number of hydrogen-bond acceptors (Lipinski definition) is 3. The third-order valence-electron chi connectivity index (χ3n) is 5.49. The first kappa shape index (κ1) is 15.5. The van der Waals surface area contributed by atoms with E-state index in [4.69, 9.17) is 0 Å². The average Bonchev–Trinajstić information content (AvgIpc) is 2.86. The maximum absolute atomic E-state index is 12.1. The zero-order valence-electron chi connectivity index (χ0n) is 14.1. The van der Waals surface area contributed by atoms with Crippen molar-refractivity contribution in [1.82, 2.24) is 19.6 Å². The molecular weight excluding hydrogens is 276 g/mol. The second-order valence-corrected chi connectivity index (χ2v) is 6.89. The summed E-state index contributed by atoms with van der Waals surface area (Å²) in [5, 5.41) is 4.44. The van der Waals surface area contributed by atoms with Crippen LogP contribution in [-0.2, 0) is 18.4 Å². The Bertz CT molecular complexity index is 553. The summed E-state index contributed by atoms with van der Waals surface area (Å²) in [6.07, 6.45) is 5.25. The summed E-state index contributed by atoms with van der Waals surface area (Å²) in [5.41, 5.74) is 2.51. The molecule has 2 aliphatic heterocycles. The van der Waals surface area contributed by atoms with Gasteiger partial charge in [-0.1, -0.05) is 0 Å². The lowest BCUT2D eigenvalue weighted by Crippen LogP contribution is -2.46. The Kier molecular flexibility index (Phi) is 4.26. The fraction of sp³-hybridized carbons (Fsp3) is 0.765. The normalized spacial score (nSPS) is 26.9. The molecule has 0 saturated carbocycles. The maximum atomic E-state index is 12.1. The van der Waals surface area contributed by atoms with Crippen molar-refractivity contribution in [3.63, 3.8) is 0 Å². The molecule has 1 amide bonds. The molecule has 5 nitrogen and oxygen atoms in total. The second-order valence-electron chi connectivity index (χ2n) is 6.89. The maximum Gasteiger partial charge on any atom is 0.223 e. The molecule has 22 heavy (non-hydrogen) atoms. The Balaban J connectivity index is 1.67. The number of amides is 1. The van der Waals surface area contributed by atoms with Crippen LogP contribution in [0.1, 0.15) is 50.4 Å². The molecule has 3 rings (SSSR count). The van der Waals surface area contributed by atoms with E-state index >= 15 is 0 Å². The van der Waals surface area contributed by atoms with Gasteiger partial charge in [-0.05, 0) is 52.1 Å². The largest absolute Gasteiger partial charge is 0.337 e. The van der Waals surface area contributed by atoms with Crippen molar-refractivity contribution in [1.29, 1.82) is 0 Å². The van der Waals surface area contributed by atoms with Gasteiger partial charge in [0.2, 0.25) is 5.91 Å². The molecule has 122 valence electrons. The summed E-state index contributed by atoms with van der Waals surface area (Å²) < 4.78 is 1.99. The third kappa shape index (κ3) is 2.78. The lowest BCUT2D eigenvalue weighted by Gasteiger charge is -2.37. The van der Waals surface area contributed by atoms with E-state index < -0.39 is 0 Å². The first-order valence-corrected chi connectivity index (χ1v) is 8.56. The Morgan fingerprint density at radius 3 is 2.77 bits per heavy atom. The van der Waals surface area contributed by atoms with Gasteiger partial charge in [-0.2, -0.15) is 5.10 Å². The number of carbonyl (C=O) groups excluding carboxylic acids is 1. The SMILES string of the molecule is CCN1C(=O)CCC12CCCN(Cc1cc(C)nn1C)CC2. The minimum absolute atomic E-state index is 0.142. The number of nitrogens with zero attached hydrogens (tertiary/aromatic N) is 4. The molecular formula is C17H28N4O. The minimum Gasteiger partial charge on any atom is -0.337 e. The number of rotatable bonds is 3. The molecule has 0 radical (unpaired) electrons. The fourth-order valence-electron chi connectivity index (χ4n) is 4.34. The smallest absolute Gasteiger partial charge is 0.223 e. The highest BCUT2D eigenvalue weighted by molar-refractivity contribution is 5.79. The Labute approximate surface area is 133 Å². The van der Waals surface area contributed by atoms with Crippen molar-refractivity contribution in [2.45, 2.75) is 58.0 Å². The summed E-state index contributed by atoms with van der Waals surface area (Å²) in [5.74, 6) is 0.359. The van der Waals surface area contributed by atoms with Crippen molar-refractivity contribution in [3.05, 3.63) is 17.5 Å². The summed E-state index contributed by atoms with van der Waals surface area (Å²) in [4.78, 5) is 16.8. The van der Waals surface area contributed by atoms with Gasteiger partial charge in [0, 0.05) is 38.6 Å².